The van der Waals surface area contributed by atoms with Gasteiger partial charge < -0.3 is 4.90 Å². The third kappa shape index (κ3) is 5.36. The Bertz CT molecular complexity index is 518. The van der Waals surface area contributed by atoms with E-state index in [9.17, 15) is 0 Å². The molecule has 1 nitrogen and oxygen atoms in total. The fourth-order valence-corrected chi connectivity index (χ4v) is 3.95. The van der Waals surface area contributed by atoms with Crippen LogP contribution >= 0.6 is 12.4 Å². The van der Waals surface area contributed by atoms with Crippen LogP contribution in [-0.2, 0) is 12.8 Å². The SMILES string of the molecule is CN1C(CCc2ccccc2)CCCC1CCc1ccccc1.Cl. The number of halogens is 1. The normalized spacial score (nSPS) is 21.2. The lowest BCUT2D eigenvalue weighted by Gasteiger charge is -2.40. The molecule has 130 valence electrons. The average Bonchev–Trinajstić information content (AvgIpc) is 2.61. The molecule has 1 fully saturated rings. The van der Waals surface area contributed by atoms with Crippen LogP contribution in [0.3, 0.4) is 0 Å². The zero-order chi connectivity index (χ0) is 15.9. The van der Waals surface area contributed by atoms with E-state index in [0.29, 0.717) is 0 Å². The van der Waals surface area contributed by atoms with Gasteiger partial charge in [0.25, 0.3) is 0 Å². The standard InChI is InChI=1S/C22H29N.ClH/c1-23-21(17-15-19-9-4-2-5-10-19)13-8-14-22(23)18-16-20-11-6-3-7-12-20;/h2-7,9-12,21-22H,8,13-18H2,1H3;1H. The van der Waals surface area contributed by atoms with Crippen LogP contribution in [0.2, 0.25) is 0 Å². The summed E-state index contributed by atoms with van der Waals surface area (Å²) in [4.78, 5) is 2.68. The van der Waals surface area contributed by atoms with Gasteiger partial charge in [0.15, 0.2) is 0 Å². The molecule has 2 unspecified atom stereocenters. The van der Waals surface area contributed by atoms with Crippen molar-refractivity contribution in [3.8, 4) is 0 Å². The highest BCUT2D eigenvalue weighted by Gasteiger charge is 2.26. The van der Waals surface area contributed by atoms with Crippen molar-refractivity contribution in [3.63, 3.8) is 0 Å². The Morgan fingerprint density at radius 3 is 1.58 bits per heavy atom. The Morgan fingerprint density at radius 1 is 0.750 bits per heavy atom. The minimum Gasteiger partial charge on any atom is -0.300 e. The maximum atomic E-state index is 2.68. The van der Waals surface area contributed by atoms with Crippen LogP contribution < -0.4 is 0 Å². The van der Waals surface area contributed by atoms with Gasteiger partial charge >= 0.3 is 0 Å². The highest BCUT2D eigenvalue weighted by molar-refractivity contribution is 5.85. The molecule has 2 aromatic carbocycles. The molecule has 0 bridgehead atoms. The lowest BCUT2D eigenvalue weighted by Crippen LogP contribution is -2.44. The predicted octanol–water partition coefficient (Wildman–Crippen LogP) is 5.53. The van der Waals surface area contributed by atoms with Crippen molar-refractivity contribution in [2.24, 2.45) is 0 Å². The second-order valence-corrected chi connectivity index (χ2v) is 6.95. The molecule has 0 N–H and O–H groups in total. The van der Waals surface area contributed by atoms with Crippen molar-refractivity contribution in [1.82, 2.24) is 4.90 Å². The summed E-state index contributed by atoms with van der Waals surface area (Å²) in [6, 6.07) is 23.4. The van der Waals surface area contributed by atoms with E-state index < -0.39 is 0 Å². The van der Waals surface area contributed by atoms with Crippen molar-refractivity contribution >= 4 is 12.4 Å². The highest BCUT2D eigenvalue weighted by Crippen LogP contribution is 2.27. The number of likely N-dealkylation sites (tertiary alicyclic amines) is 1. The van der Waals surface area contributed by atoms with Gasteiger partial charge in [-0.1, -0.05) is 67.1 Å². The fourth-order valence-electron chi connectivity index (χ4n) is 3.95. The number of benzene rings is 2. The van der Waals surface area contributed by atoms with Crippen LogP contribution in [0.1, 0.15) is 43.2 Å². The first-order chi connectivity index (χ1) is 11.3. The van der Waals surface area contributed by atoms with Gasteiger partial charge in [0.05, 0.1) is 0 Å². The fraction of sp³-hybridized carbons (Fsp3) is 0.455. The average molecular weight is 344 g/mol. The summed E-state index contributed by atoms with van der Waals surface area (Å²) in [6.45, 7) is 0. The van der Waals surface area contributed by atoms with E-state index in [-0.39, 0.29) is 12.4 Å². The van der Waals surface area contributed by atoms with Gasteiger partial charge in [-0.05, 0) is 56.7 Å². The van der Waals surface area contributed by atoms with Gasteiger partial charge in [0.1, 0.15) is 0 Å². The van der Waals surface area contributed by atoms with Crippen molar-refractivity contribution in [3.05, 3.63) is 71.8 Å². The molecule has 2 heteroatoms. The summed E-state index contributed by atoms with van der Waals surface area (Å²) in [5.74, 6) is 0. The molecule has 0 aliphatic carbocycles. The van der Waals surface area contributed by atoms with Gasteiger partial charge in [0.2, 0.25) is 0 Å². The summed E-state index contributed by atoms with van der Waals surface area (Å²) in [6.07, 6.45) is 9.13. The van der Waals surface area contributed by atoms with Crippen LogP contribution in [0.15, 0.2) is 60.7 Å². The molecule has 0 radical (unpaired) electrons. The largest absolute Gasteiger partial charge is 0.300 e. The van der Waals surface area contributed by atoms with E-state index in [1.54, 1.807) is 0 Å². The van der Waals surface area contributed by atoms with Crippen LogP contribution in [0.4, 0.5) is 0 Å². The summed E-state index contributed by atoms with van der Waals surface area (Å²) in [5.41, 5.74) is 2.96. The molecule has 1 aliphatic rings. The first kappa shape index (κ1) is 19.0. The topological polar surface area (TPSA) is 3.24 Å². The third-order valence-corrected chi connectivity index (χ3v) is 5.44. The molecule has 1 saturated heterocycles. The van der Waals surface area contributed by atoms with E-state index in [1.165, 1.54) is 56.1 Å². The second kappa shape index (κ2) is 9.86. The van der Waals surface area contributed by atoms with Crippen LogP contribution in [0.25, 0.3) is 0 Å². The first-order valence-electron chi connectivity index (χ1n) is 9.13. The Morgan fingerprint density at radius 2 is 1.17 bits per heavy atom. The first-order valence-corrected chi connectivity index (χ1v) is 9.13. The van der Waals surface area contributed by atoms with E-state index in [2.05, 4.69) is 72.6 Å². The maximum absolute atomic E-state index is 2.68. The molecule has 2 aromatic rings. The Balaban J connectivity index is 0.00000208. The third-order valence-electron chi connectivity index (χ3n) is 5.44. The summed E-state index contributed by atoms with van der Waals surface area (Å²) in [7, 11) is 2.35. The van der Waals surface area contributed by atoms with Gasteiger partial charge in [-0.2, -0.15) is 0 Å². The van der Waals surface area contributed by atoms with Crippen molar-refractivity contribution in [2.75, 3.05) is 7.05 Å². The molecular formula is C22H30ClN. The number of hydrogen-bond donors (Lipinski definition) is 0. The highest BCUT2D eigenvalue weighted by atomic mass is 35.5. The predicted molar refractivity (Wildman–Crippen MR) is 106 cm³/mol. The van der Waals surface area contributed by atoms with Crippen molar-refractivity contribution < 1.29 is 0 Å². The van der Waals surface area contributed by atoms with Crippen LogP contribution in [0.5, 0.6) is 0 Å². The minimum absolute atomic E-state index is 0. The molecule has 0 spiro atoms. The van der Waals surface area contributed by atoms with E-state index in [1.807, 2.05) is 0 Å². The van der Waals surface area contributed by atoms with E-state index >= 15 is 0 Å². The van der Waals surface area contributed by atoms with Crippen molar-refractivity contribution in [1.29, 1.82) is 0 Å². The molecule has 2 atom stereocenters. The Labute approximate surface area is 153 Å². The molecule has 24 heavy (non-hydrogen) atoms. The smallest absolute Gasteiger partial charge is 0.00983 e. The van der Waals surface area contributed by atoms with Crippen LogP contribution in [0, 0.1) is 0 Å². The molecule has 0 saturated carbocycles. The quantitative estimate of drug-likeness (QED) is 0.666. The Hall–Kier alpha value is -1.31. The van der Waals surface area contributed by atoms with Crippen molar-refractivity contribution in [2.45, 2.75) is 57.0 Å². The summed E-state index contributed by atoms with van der Waals surface area (Å²) >= 11 is 0. The zero-order valence-corrected chi connectivity index (χ0v) is 15.5. The van der Waals surface area contributed by atoms with Gasteiger partial charge in [0, 0.05) is 12.1 Å². The molecule has 0 aromatic heterocycles. The van der Waals surface area contributed by atoms with Gasteiger partial charge in [-0.25, -0.2) is 0 Å². The van der Waals surface area contributed by atoms with Gasteiger partial charge in [-0.3, -0.25) is 0 Å². The van der Waals surface area contributed by atoms with E-state index in [4.69, 9.17) is 0 Å². The molecule has 1 heterocycles. The monoisotopic (exact) mass is 343 g/mol. The lowest BCUT2D eigenvalue weighted by molar-refractivity contribution is 0.103. The Kier molecular flexibility index (Phi) is 7.81. The molecular weight excluding hydrogens is 314 g/mol. The summed E-state index contributed by atoms with van der Waals surface area (Å²) in [5, 5.41) is 0. The van der Waals surface area contributed by atoms with Gasteiger partial charge in [-0.15, -0.1) is 12.4 Å². The number of nitrogens with zero attached hydrogens (tertiary/aromatic N) is 1. The lowest BCUT2D eigenvalue weighted by atomic mass is 9.89. The zero-order valence-electron chi connectivity index (χ0n) is 14.7. The molecule has 0 amide bonds. The molecule has 3 rings (SSSR count). The number of aryl methyl sites for hydroxylation is 2. The maximum Gasteiger partial charge on any atom is 0.00983 e. The van der Waals surface area contributed by atoms with E-state index in [0.717, 1.165) is 12.1 Å². The number of rotatable bonds is 6. The second-order valence-electron chi connectivity index (χ2n) is 6.95. The number of piperidine rings is 1. The number of hydrogen-bond acceptors (Lipinski definition) is 1. The minimum atomic E-state index is 0. The summed E-state index contributed by atoms with van der Waals surface area (Å²) < 4.78 is 0. The molecule has 1 aliphatic heterocycles. The van der Waals surface area contributed by atoms with Crippen LogP contribution in [-0.4, -0.2) is 24.0 Å².